The monoisotopic (exact) mass is 467 g/mol. The first kappa shape index (κ1) is 23.3. The standard InChI is InChI=1S/C25H26FN3O5/c26-20-11-4-3-10-19(20)23(25(32)28-17-7-1-2-8-17)29(16-18-9-5-13-33-18)22(30)15-27-24(31)21-12-6-14-34-21/h3-6,9-14,17,23H,1-2,7-8,15-16H2,(H,27,31)(H,28,32). The van der Waals surface area contributed by atoms with E-state index in [2.05, 4.69) is 10.6 Å². The molecule has 1 atom stereocenters. The Balaban J connectivity index is 1.62. The van der Waals surface area contributed by atoms with E-state index in [4.69, 9.17) is 8.83 Å². The molecule has 0 spiro atoms. The first-order chi connectivity index (χ1) is 16.5. The van der Waals surface area contributed by atoms with Gasteiger partial charge in [0.25, 0.3) is 5.91 Å². The van der Waals surface area contributed by atoms with Crippen molar-refractivity contribution in [2.75, 3.05) is 6.54 Å². The molecule has 1 saturated carbocycles. The fourth-order valence-corrected chi connectivity index (χ4v) is 4.14. The van der Waals surface area contributed by atoms with E-state index >= 15 is 0 Å². The summed E-state index contributed by atoms with van der Waals surface area (Å²) in [5.74, 6) is -1.77. The SMILES string of the molecule is O=C(NCC(=O)N(Cc1ccco1)C(C(=O)NC1CCCC1)c1ccccc1F)c1ccco1. The normalized spacial score (nSPS) is 14.5. The van der Waals surface area contributed by atoms with E-state index in [1.807, 2.05) is 0 Å². The van der Waals surface area contributed by atoms with Gasteiger partial charge in [-0.3, -0.25) is 14.4 Å². The quantitative estimate of drug-likeness (QED) is 0.501. The smallest absolute Gasteiger partial charge is 0.287 e. The highest BCUT2D eigenvalue weighted by Gasteiger charge is 2.35. The Labute approximate surface area is 196 Å². The molecule has 1 aliphatic carbocycles. The van der Waals surface area contributed by atoms with Gasteiger partial charge in [-0.25, -0.2) is 4.39 Å². The van der Waals surface area contributed by atoms with E-state index in [0.717, 1.165) is 25.7 Å². The van der Waals surface area contributed by atoms with Gasteiger partial charge >= 0.3 is 0 Å². The number of halogens is 1. The molecule has 34 heavy (non-hydrogen) atoms. The number of hydrogen-bond acceptors (Lipinski definition) is 5. The van der Waals surface area contributed by atoms with Crippen LogP contribution in [0.1, 0.15) is 53.6 Å². The van der Waals surface area contributed by atoms with Gasteiger partial charge < -0.3 is 24.4 Å². The molecular formula is C25H26FN3O5. The van der Waals surface area contributed by atoms with Crippen LogP contribution in [0.2, 0.25) is 0 Å². The van der Waals surface area contributed by atoms with Crippen LogP contribution < -0.4 is 10.6 Å². The van der Waals surface area contributed by atoms with Crippen LogP contribution in [0.4, 0.5) is 4.39 Å². The minimum absolute atomic E-state index is 0.0269. The fourth-order valence-electron chi connectivity index (χ4n) is 4.14. The Morgan fingerprint density at radius 3 is 2.41 bits per heavy atom. The number of hydrogen-bond donors (Lipinski definition) is 2. The van der Waals surface area contributed by atoms with Crippen molar-refractivity contribution in [1.82, 2.24) is 15.5 Å². The second-order valence-corrected chi connectivity index (χ2v) is 8.18. The molecule has 0 bridgehead atoms. The zero-order valence-electron chi connectivity index (χ0n) is 18.5. The van der Waals surface area contributed by atoms with Gasteiger partial charge in [0.05, 0.1) is 25.6 Å². The Bertz CT molecular complexity index is 1110. The molecule has 1 fully saturated rings. The number of nitrogens with zero attached hydrogens (tertiary/aromatic N) is 1. The van der Waals surface area contributed by atoms with Crippen LogP contribution in [0.3, 0.4) is 0 Å². The average Bonchev–Trinajstić information content (AvgIpc) is 3.62. The second kappa shape index (κ2) is 10.8. The number of furan rings is 2. The number of amides is 3. The van der Waals surface area contributed by atoms with Gasteiger partial charge in [-0.2, -0.15) is 0 Å². The van der Waals surface area contributed by atoms with Gasteiger partial charge in [0.1, 0.15) is 17.6 Å². The van der Waals surface area contributed by atoms with E-state index in [9.17, 15) is 18.8 Å². The van der Waals surface area contributed by atoms with E-state index in [1.54, 1.807) is 24.3 Å². The van der Waals surface area contributed by atoms with Crippen LogP contribution in [-0.4, -0.2) is 35.2 Å². The van der Waals surface area contributed by atoms with Crippen molar-refractivity contribution in [1.29, 1.82) is 0 Å². The van der Waals surface area contributed by atoms with Crippen LogP contribution in [0.15, 0.2) is 69.9 Å². The number of nitrogens with one attached hydrogen (secondary N) is 2. The van der Waals surface area contributed by atoms with Crippen LogP contribution in [0.5, 0.6) is 0 Å². The van der Waals surface area contributed by atoms with Gasteiger partial charge in [0, 0.05) is 11.6 Å². The highest BCUT2D eigenvalue weighted by atomic mass is 19.1. The molecule has 4 rings (SSSR count). The zero-order chi connectivity index (χ0) is 23.9. The Morgan fingerprint density at radius 2 is 1.74 bits per heavy atom. The molecule has 1 aliphatic rings. The van der Waals surface area contributed by atoms with Crippen molar-refractivity contribution >= 4 is 17.7 Å². The third-order valence-corrected chi connectivity index (χ3v) is 5.83. The van der Waals surface area contributed by atoms with Crippen LogP contribution in [0.25, 0.3) is 0 Å². The lowest BCUT2D eigenvalue weighted by Gasteiger charge is -2.32. The molecule has 9 heteroatoms. The third-order valence-electron chi connectivity index (χ3n) is 5.83. The highest BCUT2D eigenvalue weighted by Crippen LogP contribution is 2.28. The molecule has 8 nitrogen and oxygen atoms in total. The summed E-state index contributed by atoms with van der Waals surface area (Å²) in [5, 5.41) is 5.47. The van der Waals surface area contributed by atoms with Gasteiger partial charge in [0.2, 0.25) is 11.8 Å². The second-order valence-electron chi connectivity index (χ2n) is 8.18. The van der Waals surface area contributed by atoms with Crippen molar-refractivity contribution in [2.45, 2.75) is 44.3 Å². The summed E-state index contributed by atoms with van der Waals surface area (Å²) in [7, 11) is 0. The van der Waals surface area contributed by atoms with Crippen molar-refractivity contribution in [3.8, 4) is 0 Å². The maximum atomic E-state index is 14.9. The highest BCUT2D eigenvalue weighted by molar-refractivity contribution is 5.95. The Kier molecular flexibility index (Phi) is 7.41. The molecule has 0 saturated heterocycles. The predicted octanol–water partition coefficient (Wildman–Crippen LogP) is 3.57. The molecular weight excluding hydrogens is 441 g/mol. The maximum absolute atomic E-state index is 14.9. The maximum Gasteiger partial charge on any atom is 0.287 e. The van der Waals surface area contributed by atoms with Crippen molar-refractivity contribution < 1.29 is 27.6 Å². The van der Waals surface area contributed by atoms with Crippen LogP contribution >= 0.6 is 0 Å². The van der Waals surface area contributed by atoms with E-state index in [0.29, 0.717) is 5.76 Å². The summed E-state index contributed by atoms with van der Waals surface area (Å²) in [5.41, 5.74) is 0.0651. The van der Waals surface area contributed by atoms with Gasteiger partial charge in [-0.15, -0.1) is 0 Å². The molecule has 2 heterocycles. The summed E-state index contributed by atoms with van der Waals surface area (Å²) < 4.78 is 25.4. The van der Waals surface area contributed by atoms with Gasteiger partial charge in [-0.1, -0.05) is 31.0 Å². The summed E-state index contributed by atoms with van der Waals surface area (Å²) in [4.78, 5) is 40.3. The number of benzene rings is 1. The molecule has 3 aromatic rings. The van der Waals surface area contributed by atoms with E-state index in [1.165, 1.54) is 41.7 Å². The van der Waals surface area contributed by atoms with Crippen molar-refractivity contribution in [3.63, 3.8) is 0 Å². The molecule has 0 aliphatic heterocycles. The number of carbonyl (C=O) groups is 3. The molecule has 0 radical (unpaired) electrons. The molecule has 2 N–H and O–H groups in total. The van der Waals surface area contributed by atoms with Crippen molar-refractivity contribution in [2.24, 2.45) is 0 Å². The minimum Gasteiger partial charge on any atom is -0.467 e. The lowest BCUT2D eigenvalue weighted by molar-refractivity contribution is -0.141. The molecule has 1 unspecified atom stereocenters. The van der Waals surface area contributed by atoms with Crippen LogP contribution in [0, 0.1) is 5.82 Å². The Morgan fingerprint density at radius 1 is 1.00 bits per heavy atom. The summed E-state index contributed by atoms with van der Waals surface area (Å²) >= 11 is 0. The average molecular weight is 467 g/mol. The minimum atomic E-state index is -1.25. The van der Waals surface area contributed by atoms with E-state index in [-0.39, 0.29) is 23.9 Å². The zero-order valence-corrected chi connectivity index (χ0v) is 18.5. The molecule has 3 amide bonds. The van der Waals surface area contributed by atoms with Crippen LogP contribution in [-0.2, 0) is 16.1 Å². The first-order valence-electron chi connectivity index (χ1n) is 11.2. The number of carbonyl (C=O) groups excluding carboxylic acids is 3. The summed E-state index contributed by atoms with van der Waals surface area (Å²) in [6.45, 7) is -0.499. The predicted molar refractivity (Wildman–Crippen MR) is 120 cm³/mol. The Hall–Kier alpha value is -3.88. The van der Waals surface area contributed by atoms with Crippen molar-refractivity contribution in [3.05, 3.63) is 84.0 Å². The van der Waals surface area contributed by atoms with Gasteiger partial charge in [-0.05, 0) is 43.2 Å². The fraction of sp³-hybridized carbons (Fsp3) is 0.320. The lowest BCUT2D eigenvalue weighted by Crippen LogP contribution is -2.48. The molecule has 178 valence electrons. The molecule has 2 aromatic heterocycles. The summed E-state index contributed by atoms with van der Waals surface area (Å²) in [6, 6.07) is 10.9. The molecule has 1 aromatic carbocycles. The third kappa shape index (κ3) is 5.54. The van der Waals surface area contributed by atoms with E-state index < -0.39 is 36.1 Å². The topological polar surface area (TPSA) is 105 Å². The first-order valence-corrected chi connectivity index (χ1v) is 11.2. The lowest BCUT2D eigenvalue weighted by atomic mass is 10.0. The number of rotatable bonds is 9. The largest absolute Gasteiger partial charge is 0.467 e. The summed E-state index contributed by atoms with van der Waals surface area (Å²) in [6.07, 6.45) is 6.48. The van der Waals surface area contributed by atoms with Gasteiger partial charge in [0.15, 0.2) is 5.76 Å².